The molecule has 27 heavy (non-hydrogen) atoms. The third-order valence-corrected chi connectivity index (χ3v) is 5.62. The second-order valence-electron chi connectivity index (χ2n) is 7.31. The third kappa shape index (κ3) is 3.27. The fourth-order valence-corrected chi connectivity index (χ4v) is 4.09. The smallest absolute Gasteiger partial charge is 0.296 e. The molecule has 0 saturated heterocycles. The van der Waals surface area contributed by atoms with E-state index in [1.807, 2.05) is 65.2 Å². The molecular formula is C23H24N2O2. The van der Waals surface area contributed by atoms with Crippen molar-refractivity contribution in [1.82, 2.24) is 9.30 Å². The standard InChI is InChI=1S/C23H24N2O2/c1-24(18-12-6-3-7-13-18)23(27)22(26)21-20(17-10-4-2-5-11-17)16-19-14-8-9-15-25(19)21/h2,4-5,8-11,14-16,18H,3,6-7,12-13H2,1H3. The van der Waals surface area contributed by atoms with Gasteiger partial charge in [0.25, 0.3) is 11.7 Å². The van der Waals surface area contributed by atoms with E-state index in [0.29, 0.717) is 5.69 Å². The molecule has 2 heterocycles. The van der Waals surface area contributed by atoms with Crippen molar-refractivity contribution in [3.05, 3.63) is 66.5 Å². The number of pyridine rings is 1. The Kier molecular flexibility index (Phi) is 4.80. The zero-order chi connectivity index (χ0) is 18.8. The fourth-order valence-electron chi connectivity index (χ4n) is 4.09. The number of hydrogen-bond donors (Lipinski definition) is 0. The van der Waals surface area contributed by atoms with Gasteiger partial charge in [0.05, 0.1) is 0 Å². The Hall–Kier alpha value is -2.88. The predicted octanol–water partition coefficient (Wildman–Crippen LogP) is 4.58. The lowest BCUT2D eigenvalue weighted by molar-refractivity contribution is -0.127. The van der Waals surface area contributed by atoms with Crippen molar-refractivity contribution in [1.29, 1.82) is 0 Å². The van der Waals surface area contributed by atoms with Gasteiger partial charge in [-0.05, 0) is 36.6 Å². The quantitative estimate of drug-likeness (QED) is 0.505. The minimum absolute atomic E-state index is 0.168. The first-order valence-electron chi connectivity index (χ1n) is 9.64. The summed E-state index contributed by atoms with van der Waals surface area (Å²) in [5.41, 5.74) is 3.10. The maximum atomic E-state index is 13.3. The van der Waals surface area contributed by atoms with Crippen molar-refractivity contribution in [3.63, 3.8) is 0 Å². The zero-order valence-corrected chi connectivity index (χ0v) is 15.6. The van der Waals surface area contributed by atoms with Crippen LogP contribution in [0.25, 0.3) is 16.6 Å². The van der Waals surface area contributed by atoms with Crippen molar-refractivity contribution in [3.8, 4) is 11.1 Å². The van der Waals surface area contributed by atoms with Crippen LogP contribution in [-0.2, 0) is 4.79 Å². The molecule has 4 heteroatoms. The lowest BCUT2D eigenvalue weighted by Crippen LogP contribution is -2.42. The van der Waals surface area contributed by atoms with Crippen LogP contribution in [-0.4, -0.2) is 34.1 Å². The molecule has 0 N–H and O–H groups in total. The number of fused-ring (bicyclic) bond motifs is 1. The summed E-state index contributed by atoms with van der Waals surface area (Å²) in [5, 5.41) is 0. The summed E-state index contributed by atoms with van der Waals surface area (Å²) in [6, 6.07) is 17.7. The Labute approximate surface area is 159 Å². The van der Waals surface area contributed by atoms with Crippen LogP contribution in [0.4, 0.5) is 0 Å². The zero-order valence-electron chi connectivity index (χ0n) is 15.6. The molecule has 0 atom stereocenters. The lowest BCUT2D eigenvalue weighted by atomic mass is 9.94. The molecule has 1 saturated carbocycles. The number of rotatable bonds is 4. The van der Waals surface area contributed by atoms with E-state index in [9.17, 15) is 9.59 Å². The molecule has 0 bridgehead atoms. The van der Waals surface area contributed by atoms with E-state index in [1.54, 1.807) is 11.9 Å². The first-order valence-corrected chi connectivity index (χ1v) is 9.64. The van der Waals surface area contributed by atoms with E-state index in [1.165, 1.54) is 6.42 Å². The van der Waals surface area contributed by atoms with Gasteiger partial charge in [0, 0.05) is 30.4 Å². The number of Topliss-reactive ketones (excluding diaryl/α,β-unsaturated/α-hetero) is 1. The Bertz CT molecular complexity index is 968. The van der Waals surface area contributed by atoms with Gasteiger partial charge in [0.2, 0.25) is 0 Å². The summed E-state index contributed by atoms with van der Waals surface area (Å²) < 4.78 is 1.83. The molecule has 3 aromatic rings. The van der Waals surface area contributed by atoms with Crippen LogP contribution in [0.15, 0.2) is 60.8 Å². The number of ketones is 1. The molecule has 0 spiro atoms. The largest absolute Gasteiger partial charge is 0.336 e. The van der Waals surface area contributed by atoms with Gasteiger partial charge in [-0.2, -0.15) is 0 Å². The lowest BCUT2D eigenvalue weighted by Gasteiger charge is -2.30. The van der Waals surface area contributed by atoms with Crippen molar-refractivity contribution in [2.24, 2.45) is 0 Å². The summed E-state index contributed by atoms with van der Waals surface area (Å²) in [6.07, 6.45) is 7.28. The monoisotopic (exact) mass is 360 g/mol. The highest BCUT2D eigenvalue weighted by Crippen LogP contribution is 2.29. The van der Waals surface area contributed by atoms with Gasteiger partial charge in [0.15, 0.2) is 0 Å². The van der Waals surface area contributed by atoms with Crippen LogP contribution < -0.4 is 0 Å². The van der Waals surface area contributed by atoms with Crippen molar-refractivity contribution in [2.75, 3.05) is 7.05 Å². The summed E-state index contributed by atoms with van der Waals surface area (Å²) in [5.74, 6) is -0.851. The molecule has 0 aliphatic heterocycles. The Balaban J connectivity index is 1.75. The first kappa shape index (κ1) is 17.5. The Morgan fingerprint density at radius 2 is 1.67 bits per heavy atom. The highest BCUT2D eigenvalue weighted by atomic mass is 16.2. The topological polar surface area (TPSA) is 41.8 Å². The van der Waals surface area contributed by atoms with Gasteiger partial charge in [-0.25, -0.2) is 0 Å². The average Bonchev–Trinajstić information content (AvgIpc) is 3.13. The summed E-state index contributed by atoms with van der Waals surface area (Å²) >= 11 is 0. The Morgan fingerprint density at radius 3 is 2.41 bits per heavy atom. The average molecular weight is 360 g/mol. The number of benzene rings is 1. The third-order valence-electron chi connectivity index (χ3n) is 5.62. The van der Waals surface area contributed by atoms with Crippen molar-refractivity contribution in [2.45, 2.75) is 38.1 Å². The second-order valence-corrected chi connectivity index (χ2v) is 7.31. The maximum Gasteiger partial charge on any atom is 0.296 e. The van der Waals surface area contributed by atoms with Crippen molar-refractivity contribution < 1.29 is 9.59 Å². The van der Waals surface area contributed by atoms with Crippen LogP contribution >= 0.6 is 0 Å². The Morgan fingerprint density at radius 1 is 0.963 bits per heavy atom. The molecule has 0 unspecified atom stereocenters. The van der Waals surface area contributed by atoms with Crippen LogP contribution in [0.2, 0.25) is 0 Å². The summed E-state index contributed by atoms with van der Waals surface area (Å²) in [4.78, 5) is 28.0. The van der Waals surface area contributed by atoms with Gasteiger partial charge >= 0.3 is 0 Å². The fraction of sp³-hybridized carbons (Fsp3) is 0.304. The summed E-state index contributed by atoms with van der Waals surface area (Å²) in [7, 11) is 1.77. The van der Waals surface area contributed by atoms with Gasteiger partial charge in [-0.3, -0.25) is 9.59 Å². The van der Waals surface area contributed by atoms with Gasteiger partial charge in [0.1, 0.15) is 5.69 Å². The van der Waals surface area contributed by atoms with Crippen molar-refractivity contribution >= 4 is 17.2 Å². The van der Waals surface area contributed by atoms with Crippen LogP contribution in [0.3, 0.4) is 0 Å². The second kappa shape index (κ2) is 7.39. The van der Waals surface area contributed by atoms with E-state index >= 15 is 0 Å². The molecule has 1 amide bonds. The van der Waals surface area contributed by atoms with E-state index in [-0.39, 0.29) is 6.04 Å². The number of likely N-dealkylation sites (N-methyl/N-ethyl adjacent to an activating group) is 1. The number of carbonyl (C=O) groups excluding carboxylic acids is 2. The molecule has 4 nitrogen and oxygen atoms in total. The molecule has 1 fully saturated rings. The highest BCUT2D eigenvalue weighted by Gasteiger charge is 2.30. The first-order chi connectivity index (χ1) is 13.2. The van der Waals surface area contributed by atoms with Crippen LogP contribution in [0.5, 0.6) is 0 Å². The molecule has 1 aliphatic rings. The van der Waals surface area contributed by atoms with E-state index in [2.05, 4.69) is 0 Å². The van der Waals surface area contributed by atoms with Gasteiger partial charge in [-0.15, -0.1) is 0 Å². The number of carbonyl (C=O) groups is 2. The molecule has 4 rings (SSSR count). The highest BCUT2D eigenvalue weighted by molar-refractivity contribution is 6.43. The normalized spacial score (nSPS) is 15.0. The number of aromatic nitrogens is 1. The van der Waals surface area contributed by atoms with E-state index in [0.717, 1.165) is 42.3 Å². The number of hydrogen-bond acceptors (Lipinski definition) is 2. The van der Waals surface area contributed by atoms with Crippen LogP contribution in [0, 0.1) is 0 Å². The SMILES string of the molecule is CN(C(=O)C(=O)c1c(-c2ccccc2)cc2ccccn12)C1CCCCC1. The number of nitrogens with zero attached hydrogens (tertiary/aromatic N) is 2. The molecule has 1 aromatic carbocycles. The van der Waals surface area contributed by atoms with Crippen LogP contribution in [0.1, 0.15) is 42.6 Å². The number of amides is 1. The van der Waals surface area contributed by atoms with Gasteiger partial charge in [-0.1, -0.05) is 55.7 Å². The molecule has 2 aromatic heterocycles. The minimum Gasteiger partial charge on any atom is -0.336 e. The van der Waals surface area contributed by atoms with E-state index < -0.39 is 11.7 Å². The molecule has 138 valence electrons. The predicted molar refractivity (Wildman–Crippen MR) is 107 cm³/mol. The minimum atomic E-state index is -0.437. The molecule has 0 radical (unpaired) electrons. The molecule has 1 aliphatic carbocycles. The molecular weight excluding hydrogens is 336 g/mol. The van der Waals surface area contributed by atoms with E-state index in [4.69, 9.17) is 0 Å². The van der Waals surface area contributed by atoms with Gasteiger partial charge < -0.3 is 9.30 Å². The summed E-state index contributed by atoms with van der Waals surface area (Å²) in [6.45, 7) is 0. The maximum absolute atomic E-state index is 13.3.